The zero-order valence-electron chi connectivity index (χ0n) is 10.6. The molecule has 2 aromatic carbocycles. The molecule has 0 N–H and O–H groups in total. The Morgan fingerprint density at radius 3 is 2.71 bits per heavy atom. The van der Waals surface area contributed by atoms with Crippen LogP contribution >= 0.6 is 27.5 Å². The Morgan fingerprint density at radius 1 is 1.05 bits per heavy atom. The second-order valence-corrected chi connectivity index (χ2v) is 5.97. The number of benzene rings is 2. The van der Waals surface area contributed by atoms with Crippen LogP contribution in [0.25, 0.3) is 32.6 Å². The van der Waals surface area contributed by atoms with E-state index in [1.807, 2.05) is 36.4 Å². The van der Waals surface area contributed by atoms with Crippen molar-refractivity contribution in [2.24, 2.45) is 0 Å². The van der Waals surface area contributed by atoms with E-state index in [0.29, 0.717) is 27.0 Å². The molecule has 0 saturated heterocycles. The molecule has 2 heterocycles. The summed E-state index contributed by atoms with van der Waals surface area (Å²) in [5.74, 6) is 0. The number of aromatic nitrogens is 1. The van der Waals surface area contributed by atoms with E-state index in [9.17, 15) is 4.79 Å². The summed E-state index contributed by atoms with van der Waals surface area (Å²) in [6.45, 7) is 0. The van der Waals surface area contributed by atoms with Gasteiger partial charge in [-0.25, -0.2) is 9.78 Å². The van der Waals surface area contributed by atoms with Crippen LogP contribution in [0.4, 0.5) is 0 Å². The maximum Gasteiger partial charge on any atom is 0.344 e. The molecule has 4 aromatic rings. The minimum Gasteiger partial charge on any atom is -0.422 e. The molecule has 21 heavy (non-hydrogen) atoms. The van der Waals surface area contributed by atoms with E-state index < -0.39 is 5.63 Å². The van der Waals surface area contributed by atoms with E-state index in [2.05, 4.69) is 20.9 Å². The molecule has 0 bridgehead atoms. The molecule has 0 radical (unpaired) electrons. The molecule has 3 nitrogen and oxygen atoms in total. The molecular weight excluding hydrogens is 354 g/mol. The molecule has 102 valence electrons. The van der Waals surface area contributed by atoms with Gasteiger partial charge in [0.2, 0.25) is 0 Å². The minimum absolute atomic E-state index is 0.305. The van der Waals surface area contributed by atoms with Gasteiger partial charge >= 0.3 is 5.63 Å². The van der Waals surface area contributed by atoms with Crippen molar-refractivity contribution in [1.29, 1.82) is 0 Å². The van der Waals surface area contributed by atoms with E-state index in [0.717, 1.165) is 15.2 Å². The fourth-order valence-electron chi connectivity index (χ4n) is 2.58. The van der Waals surface area contributed by atoms with E-state index >= 15 is 0 Å². The van der Waals surface area contributed by atoms with Crippen molar-refractivity contribution in [2.45, 2.75) is 0 Å². The molecule has 0 fully saturated rings. The third-order valence-corrected chi connectivity index (χ3v) is 4.23. The number of para-hydroxylation sites is 1. The predicted molar refractivity (Wildman–Crippen MR) is 88.0 cm³/mol. The number of rotatable bonds is 0. The van der Waals surface area contributed by atoms with Gasteiger partial charge < -0.3 is 4.42 Å². The lowest BCUT2D eigenvalue weighted by molar-refractivity contribution is 0.570. The quantitative estimate of drug-likeness (QED) is 0.254. The fourth-order valence-corrected chi connectivity index (χ4v) is 3.22. The van der Waals surface area contributed by atoms with Crippen LogP contribution in [0.5, 0.6) is 0 Å². The number of fused-ring (bicyclic) bond motifs is 5. The first-order valence-electron chi connectivity index (χ1n) is 6.25. The van der Waals surface area contributed by atoms with Gasteiger partial charge in [-0.15, -0.1) is 0 Å². The topological polar surface area (TPSA) is 43.1 Å². The summed E-state index contributed by atoms with van der Waals surface area (Å²) in [5, 5.41) is 2.93. The molecule has 0 aliphatic rings. The normalized spacial score (nSPS) is 11.5. The van der Waals surface area contributed by atoms with Gasteiger partial charge in [-0.05, 0) is 18.2 Å². The highest BCUT2D eigenvalue weighted by Crippen LogP contribution is 2.33. The lowest BCUT2D eigenvalue weighted by Crippen LogP contribution is -2.02. The summed E-state index contributed by atoms with van der Waals surface area (Å²) in [5.41, 5.74) is 0.764. The van der Waals surface area contributed by atoms with Gasteiger partial charge in [0, 0.05) is 20.6 Å². The molecule has 0 aliphatic heterocycles. The first-order valence-corrected chi connectivity index (χ1v) is 7.42. The van der Waals surface area contributed by atoms with E-state index in [4.69, 9.17) is 16.0 Å². The zero-order valence-corrected chi connectivity index (χ0v) is 12.9. The highest BCUT2D eigenvalue weighted by Gasteiger charge is 2.15. The Kier molecular flexibility index (Phi) is 2.77. The van der Waals surface area contributed by atoms with Gasteiger partial charge in [-0.2, -0.15) is 0 Å². The first kappa shape index (κ1) is 12.8. The molecule has 0 spiro atoms. The Bertz CT molecular complexity index is 1090. The van der Waals surface area contributed by atoms with E-state index in [-0.39, 0.29) is 0 Å². The molecule has 2 aromatic heterocycles. The third kappa shape index (κ3) is 1.87. The van der Waals surface area contributed by atoms with Gasteiger partial charge in [0.25, 0.3) is 0 Å². The highest BCUT2D eigenvalue weighted by molar-refractivity contribution is 9.10. The molecule has 0 saturated carbocycles. The lowest BCUT2D eigenvalue weighted by Gasteiger charge is -2.07. The molecule has 0 unspecified atom stereocenters. The largest absolute Gasteiger partial charge is 0.422 e. The van der Waals surface area contributed by atoms with Crippen LogP contribution in [0.2, 0.25) is 5.15 Å². The van der Waals surface area contributed by atoms with Crippen LogP contribution in [-0.2, 0) is 0 Å². The average molecular weight is 361 g/mol. The summed E-state index contributed by atoms with van der Waals surface area (Å²) in [7, 11) is 0. The minimum atomic E-state index is -0.402. The van der Waals surface area contributed by atoms with E-state index in [1.54, 1.807) is 6.07 Å². The highest BCUT2D eigenvalue weighted by atomic mass is 79.9. The Balaban J connectivity index is 2.39. The SMILES string of the molecule is O=c1oc2ccccc2c2c(Cl)nc3cc(Br)ccc3c12. The fraction of sp³-hybridized carbons (Fsp3) is 0. The molecule has 4 rings (SSSR count). The Morgan fingerprint density at radius 2 is 1.86 bits per heavy atom. The van der Waals surface area contributed by atoms with Crippen molar-refractivity contribution in [2.75, 3.05) is 0 Å². The Labute approximate surface area is 132 Å². The summed E-state index contributed by atoms with van der Waals surface area (Å²) < 4.78 is 6.29. The van der Waals surface area contributed by atoms with Crippen molar-refractivity contribution in [3.63, 3.8) is 0 Å². The Hall–Kier alpha value is -1.91. The summed E-state index contributed by atoms with van der Waals surface area (Å²) in [6, 6.07) is 12.9. The van der Waals surface area contributed by atoms with Gasteiger partial charge in [0.1, 0.15) is 10.7 Å². The van der Waals surface area contributed by atoms with Crippen molar-refractivity contribution >= 4 is 60.2 Å². The lowest BCUT2D eigenvalue weighted by atomic mass is 10.1. The summed E-state index contributed by atoms with van der Waals surface area (Å²) >= 11 is 9.73. The number of hydrogen-bond donors (Lipinski definition) is 0. The maximum absolute atomic E-state index is 12.4. The second kappa shape index (κ2) is 4.55. The zero-order chi connectivity index (χ0) is 14.6. The third-order valence-electron chi connectivity index (χ3n) is 3.47. The van der Waals surface area contributed by atoms with Gasteiger partial charge in [0.15, 0.2) is 0 Å². The van der Waals surface area contributed by atoms with Crippen molar-refractivity contribution in [3.8, 4) is 0 Å². The second-order valence-electron chi connectivity index (χ2n) is 4.70. The van der Waals surface area contributed by atoms with Crippen LogP contribution in [0.1, 0.15) is 0 Å². The number of halogens is 2. The van der Waals surface area contributed by atoms with Gasteiger partial charge in [-0.3, -0.25) is 0 Å². The molecule has 0 aliphatic carbocycles. The smallest absolute Gasteiger partial charge is 0.344 e. The molecule has 0 amide bonds. The van der Waals surface area contributed by atoms with Crippen LogP contribution in [0.15, 0.2) is 56.1 Å². The number of nitrogens with zero attached hydrogens (tertiary/aromatic N) is 1. The average Bonchev–Trinajstić information content (AvgIpc) is 2.46. The van der Waals surface area contributed by atoms with Crippen LogP contribution in [-0.4, -0.2) is 4.98 Å². The number of pyridine rings is 1. The molecule has 5 heteroatoms. The summed E-state index contributed by atoms with van der Waals surface area (Å²) in [4.78, 5) is 16.8. The first-order chi connectivity index (χ1) is 10.1. The molecule has 0 atom stereocenters. The van der Waals surface area contributed by atoms with Gasteiger partial charge in [-0.1, -0.05) is 51.8 Å². The van der Waals surface area contributed by atoms with Crippen molar-refractivity contribution in [1.82, 2.24) is 4.98 Å². The van der Waals surface area contributed by atoms with Crippen LogP contribution in [0.3, 0.4) is 0 Å². The van der Waals surface area contributed by atoms with Crippen molar-refractivity contribution < 1.29 is 4.42 Å². The number of hydrogen-bond acceptors (Lipinski definition) is 3. The molecular formula is C16H7BrClNO2. The summed E-state index contributed by atoms with van der Waals surface area (Å²) in [6.07, 6.45) is 0. The van der Waals surface area contributed by atoms with Gasteiger partial charge in [0.05, 0.1) is 10.9 Å². The standard InChI is InChI=1S/C16H7BrClNO2/c17-8-5-6-9-11(7-8)19-15(18)13-10-3-1-2-4-12(10)21-16(20)14(9)13/h1-7H. The van der Waals surface area contributed by atoms with Crippen LogP contribution < -0.4 is 5.63 Å². The predicted octanol–water partition coefficient (Wildman–Crippen LogP) is 4.91. The monoisotopic (exact) mass is 359 g/mol. The van der Waals surface area contributed by atoms with E-state index in [1.165, 1.54) is 0 Å². The van der Waals surface area contributed by atoms with Crippen LogP contribution in [0, 0.1) is 0 Å². The van der Waals surface area contributed by atoms with Crippen molar-refractivity contribution in [3.05, 3.63) is 62.5 Å². The maximum atomic E-state index is 12.4.